The SMILES string of the molecule is Cc1ccccc1C(C)NCc1c(C)noc1C. The molecule has 1 heterocycles. The molecule has 96 valence electrons. The third-order valence-electron chi connectivity index (χ3n) is 3.42. The van der Waals surface area contributed by atoms with Gasteiger partial charge in [0.1, 0.15) is 5.76 Å². The minimum atomic E-state index is 0.319. The van der Waals surface area contributed by atoms with Crippen molar-refractivity contribution in [3.63, 3.8) is 0 Å². The van der Waals surface area contributed by atoms with Gasteiger partial charge in [0.15, 0.2) is 0 Å². The number of hydrogen-bond acceptors (Lipinski definition) is 3. The second kappa shape index (κ2) is 5.36. The monoisotopic (exact) mass is 244 g/mol. The van der Waals surface area contributed by atoms with Crippen molar-refractivity contribution in [2.45, 2.75) is 40.3 Å². The first-order valence-corrected chi connectivity index (χ1v) is 6.30. The highest BCUT2D eigenvalue weighted by atomic mass is 16.5. The lowest BCUT2D eigenvalue weighted by Crippen LogP contribution is -2.19. The summed E-state index contributed by atoms with van der Waals surface area (Å²) in [7, 11) is 0. The first-order valence-electron chi connectivity index (χ1n) is 6.30. The normalized spacial score (nSPS) is 12.7. The summed E-state index contributed by atoms with van der Waals surface area (Å²) in [6.45, 7) is 9.04. The van der Waals surface area contributed by atoms with Crippen molar-refractivity contribution in [2.75, 3.05) is 0 Å². The molecule has 1 unspecified atom stereocenters. The molecule has 1 aromatic heterocycles. The maximum Gasteiger partial charge on any atom is 0.138 e. The number of rotatable bonds is 4. The van der Waals surface area contributed by atoms with Crippen LogP contribution in [-0.4, -0.2) is 5.16 Å². The number of nitrogens with zero attached hydrogens (tertiary/aromatic N) is 1. The van der Waals surface area contributed by atoms with E-state index in [1.807, 2.05) is 13.8 Å². The van der Waals surface area contributed by atoms with Crippen molar-refractivity contribution in [2.24, 2.45) is 0 Å². The van der Waals surface area contributed by atoms with E-state index in [1.54, 1.807) is 0 Å². The van der Waals surface area contributed by atoms with Crippen LogP contribution in [0.15, 0.2) is 28.8 Å². The number of nitrogens with one attached hydrogen (secondary N) is 1. The minimum Gasteiger partial charge on any atom is -0.361 e. The standard InChI is InChI=1S/C15H20N2O/c1-10-7-5-6-8-14(10)11(2)16-9-15-12(3)17-18-13(15)4/h5-8,11,16H,9H2,1-4H3. The summed E-state index contributed by atoms with van der Waals surface area (Å²) in [6.07, 6.45) is 0. The van der Waals surface area contributed by atoms with Gasteiger partial charge in [0, 0.05) is 18.2 Å². The third kappa shape index (κ3) is 2.62. The van der Waals surface area contributed by atoms with Crippen LogP contribution in [0.4, 0.5) is 0 Å². The van der Waals surface area contributed by atoms with Gasteiger partial charge in [-0.15, -0.1) is 0 Å². The summed E-state index contributed by atoms with van der Waals surface area (Å²) in [5.74, 6) is 0.900. The Morgan fingerprint density at radius 2 is 1.94 bits per heavy atom. The molecule has 0 bridgehead atoms. The zero-order valence-corrected chi connectivity index (χ0v) is 11.4. The molecule has 0 saturated carbocycles. The van der Waals surface area contributed by atoms with Crippen molar-refractivity contribution in [1.29, 1.82) is 0 Å². The summed E-state index contributed by atoms with van der Waals surface area (Å²) >= 11 is 0. The van der Waals surface area contributed by atoms with Gasteiger partial charge < -0.3 is 9.84 Å². The lowest BCUT2D eigenvalue weighted by atomic mass is 10.0. The molecule has 1 N–H and O–H groups in total. The summed E-state index contributed by atoms with van der Waals surface area (Å²) in [4.78, 5) is 0. The molecule has 2 aromatic rings. The number of aromatic nitrogens is 1. The topological polar surface area (TPSA) is 38.1 Å². The largest absolute Gasteiger partial charge is 0.361 e. The third-order valence-corrected chi connectivity index (χ3v) is 3.42. The molecule has 3 nitrogen and oxygen atoms in total. The summed E-state index contributed by atoms with van der Waals surface area (Å²) in [5.41, 5.74) is 4.79. The first-order chi connectivity index (χ1) is 8.59. The van der Waals surface area contributed by atoms with E-state index < -0.39 is 0 Å². The van der Waals surface area contributed by atoms with Gasteiger partial charge in [-0.3, -0.25) is 0 Å². The van der Waals surface area contributed by atoms with Crippen LogP contribution < -0.4 is 5.32 Å². The molecule has 3 heteroatoms. The predicted octanol–water partition coefficient (Wildman–Crippen LogP) is 3.45. The van der Waals surface area contributed by atoms with Gasteiger partial charge in [0.05, 0.1) is 5.69 Å². The van der Waals surface area contributed by atoms with Gasteiger partial charge in [-0.25, -0.2) is 0 Å². The summed E-state index contributed by atoms with van der Waals surface area (Å²) in [6, 6.07) is 8.78. The van der Waals surface area contributed by atoms with Gasteiger partial charge >= 0.3 is 0 Å². The lowest BCUT2D eigenvalue weighted by molar-refractivity contribution is 0.391. The van der Waals surface area contributed by atoms with Gasteiger partial charge in [-0.2, -0.15) is 0 Å². The van der Waals surface area contributed by atoms with E-state index in [0.717, 1.165) is 23.6 Å². The van der Waals surface area contributed by atoms with E-state index in [2.05, 4.69) is 48.6 Å². The van der Waals surface area contributed by atoms with Crippen molar-refractivity contribution in [3.05, 3.63) is 52.4 Å². The predicted molar refractivity (Wildman–Crippen MR) is 72.4 cm³/mol. The smallest absolute Gasteiger partial charge is 0.138 e. The van der Waals surface area contributed by atoms with Crippen LogP contribution >= 0.6 is 0 Å². The Labute approximate surface area is 108 Å². The zero-order chi connectivity index (χ0) is 13.1. The fraction of sp³-hybridized carbons (Fsp3) is 0.400. The van der Waals surface area contributed by atoms with E-state index in [0.29, 0.717) is 6.04 Å². The molecule has 0 aliphatic rings. The Bertz CT molecular complexity index is 512. The maximum absolute atomic E-state index is 5.17. The average Bonchev–Trinajstić information content (AvgIpc) is 2.67. The molecule has 0 aliphatic carbocycles. The van der Waals surface area contributed by atoms with Crippen LogP contribution in [0.1, 0.15) is 41.1 Å². The second-order valence-electron chi connectivity index (χ2n) is 4.76. The highest BCUT2D eigenvalue weighted by Crippen LogP contribution is 2.18. The molecule has 0 aliphatic heterocycles. The minimum absolute atomic E-state index is 0.319. The Morgan fingerprint density at radius 3 is 2.56 bits per heavy atom. The highest BCUT2D eigenvalue weighted by molar-refractivity contribution is 5.28. The number of hydrogen-bond donors (Lipinski definition) is 1. The Kier molecular flexibility index (Phi) is 3.82. The fourth-order valence-electron chi connectivity index (χ4n) is 2.19. The van der Waals surface area contributed by atoms with E-state index in [4.69, 9.17) is 4.52 Å². The van der Waals surface area contributed by atoms with Gasteiger partial charge in [0.2, 0.25) is 0 Å². The van der Waals surface area contributed by atoms with Crippen molar-refractivity contribution in [1.82, 2.24) is 10.5 Å². The van der Waals surface area contributed by atoms with Gasteiger partial charge in [-0.05, 0) is 38.8 Å². The van der Waals surface area contributed by atoms with Crippen molar-refractivity contribution >= 4 is 0 Å². The van der Waals surface area contributed by atoms with E-state index in [-0.39, 0.29) is 0 Å². The van der Waals surface area contributed by atoms with Gasteiger partial charge in [-0.1, -0.05) is 29.4 Å². The average molecular weight is 244 g/mol. The van der Waals surface area contributed by atoms with Gasteiger partial charge in [0.25, 0.3) is 0 Å². The van der Waals surface area contributed by atoms with E-state index in [9.17, 15) is 0 Å². The molecule has 0 fully saturated rings. The zero-order valence-electron chi connectivity index (χ0n) is 11.4. The molecule has 1 aromatic carbocycles. The highest BCUT2D eigenvalue weighted by Gasteiger charge is 2.12. The molecule has 18 heavy (non-hydrogen) atoms. The van der Waals surface area contributed by atoms with Crippen LogP contribution in [-0.2, 0) is 6.54 Å². The Balaban J connectivity index is 2.05. The van der Waals surface area contributed by atoms with Crippen LogP contribution in [0.3, 0.4) is 0 Å². The molecular weight excluding hydrogens is 224 g/mol. The number of aryl methyl sites for hydroxylation is 3. The van der Waals surface area contributed by atoms with E-state index in [1.165, 1.54) is 11.1 Å². The Morgan fingerprint density at radius 1 is 1.22 bits per heavy atom. The van der Waals surface area contributed by atoms with E-state index >= 15 is 0 Å². The van der Waals surface area contributed by atoms with Crippen molar-refractivity contribution in [3.8, 4) is 0 Å². The van der Waals surface area contributed by atoms with Crippen LogP contribution in [0.5, 0.6) is 0 Å². The summed E-state index contributed by atoms with van der Waals surface area (Å²) < 4.78 is 5.17. The summed E-state index contributed by atoms with van der Waals surface area (Å²) in [5, 5.41) is 7.49. The number of benzene rings is 1. The molecule has 0 amide bonds. The molecule has 0 radical (unpaired) electrons. The molecule has 1 atom stereocenters. The molecular formula is C15H20N2O. The fourth-order valence-corrected chi connectivity index (χ4v) is 2.19. The quantitative estimate of drug-likeness (QED) is 0.895. The molecule has 0 saturated heterocycles. The van der Waals surface area contributed by atoms with Crippen LogP contribution in [0.2, 0.25) is 0 Å². The first kappa shape index (κ1) is 12.8. The maximum atomic E-state index is 5.17. The lowest BCUT2D eigenvalue weighted by Gasteiger charge is -2.16. The molecule has 0 spiro atoms. The van der Waals surface area contributed by atoms with Crippen LogP contribution in [0, 0.1) is 20.8 Å². The van der Waals surface area contributed by atoms with Crippen molar-refractivity contribution < 1.29 is 4.52 Å². The van der Waals surface area contributed by atoms with Crippen LogP contribution in [0.25, 0.3) is 0 Å². The second-order valence-corrected chi connectivity index (χ2v) is 4.76. The Hall–Kier alpha value is -1.61. The molecule has 2 rings (SSSR count).